The Hall–Kier alpha value is -2.08. The van der Waals surface area contributed by atoms with Crippen LogP contribution >= 0.6 is 0 Å². The molecule has 2 heterocycles. The van der Waals surface area contributed by atoms with Gasteiger partial charge < -0.3 is 5.32 Å². The quantitative estimate of drug-likeness (QED) is 0.915. The third-order valence-electron chi connectivity index (χ3n) is 5.79. The van der Waals surface area contributed by atoms with E-state index in [-0.39, 0.29) is 17.6 Å². The van der Waals surface area contributed by atoms with Crippen LogP contribution in [0, 0.1) is 0 Å². The molecular formula is C20H27N5O. The van der Waals surface area contributed by atoms with Crippen LogP contribution in [0.2, 0.25) is 0 Å². The molecule has 1 N–H and O–H groups in total. The van der Waals surface area contributed by atoms with Crippen molar-refractivity contribution in [2.24, 2.45) is 0 Å². The molecule has 0 radical (unpaired) electrons. The van der Waals surface area contributed by atoms with E-state index in [0.29, 0.717) is 6.04 Å². The molecule has 0 spiro atoms. The number of nitrogens with one attached hydrogen (secondary N) is 1. The van der Waals surface area contributed by atoms with E-state index in [0.717, 1.165) is 49.9 Å². The van der Waals surface area contributed by atoms with Crippen LogP contribution < -0.4 is 10.9 Å². The van der Waals surface area contributed by atoms with E-state index in [1.807, 2.05) is 12.3 Å². The van der Waals surface area contributed by atoms with E-state index in [1.165, 1.54) is 18.4 Å². The predicted molar refractivity (Wildman–Crippen MR) is 100 cm³/mol. The fourth-order valence-electron chi connectivity index (χ4n) is 4.30. The molecule has 2 aliphatic rings. The van der Waals surface area contributed by atoms with Gasteiger partial charge in [0.25, 0.3) is 5.56 Å². The minimum Gasteiger partial charge on any atom is -0.306 e. The highest BCUT2D eigenvalue weighted by molar-refractivity contribution is 5.20. The zero-order valence-corrected chi connectivity index (χ0v) is 15.4. The Balaban J connectivity index is 1.39. The van der Waals surface area contributed by atoms with E-state index >= 15 is 0 Å². The largest absolute Gasteiger partial charge is 0.306 e. The first-order valence-electron chi connectivity index (χ1n) is 9.84. The van der Waals surface area contributed by atoms with E-state index in [1.54, 1.807) is 17.1 Å². The van der Waals surface area contributed by atoms with E-state index in [9.17, 15) is 4.79 Å². The molecule has 1 unspecified atom stereocenters. The van der Waals surface area contributed by atoms with E-state index in [4.69, 9.17) is 5.10 Å². The fraction of sp³-hybridized carbons (Fsp3) is 0.600. The molecule has 2 aromatic heterocycles. The molecule has 1 atom stereocenters. The van der Waals surface area contributed by atoms with Crippen molar-refractivity contribution in [3.63, 3.8) is 0 Å². The van der Waals surface area contributed by atoms with Crippen molar-refractivity contribution in [1.29, 1.82) is 0 Å². The van der Waals surface area contributed by atoms with Gasteiger partial charge in [-0.25, -0.2) is 4.68 Å². The number of aromatic nitrogens is 4. The molecule has 6 heteroatoms. The summed E-state index contributed by atoms with van der Waals surface area (Å²) in [5, 5.41) is 8.40. The zero-order chi connectivity index (χ0) is 17.9. The Labute approximate surface area is 154 Å². The average molecular weight is 353 g/mol. The molecule has 0 amide bonds. The van der Waals surface area contributed by atoms with Gasteiger partial charge in [-0.1, -0.05) is 0 Å². The zero-order valence-electron chi connectivity index (χ0n) is 15.4. The van der Waals surface area contributed by atoms with Crippen molar-refractivity contribution in [3.8, 4) is 0 Å². The molecule has 2 aliphatic carbocycles. The van der Waals surface area contributed by atoms with Crippen molar-refractivity contribution in [1.82, 2.24) is 25.1 Å². The Morgan fingerprint density at radius 1 is 1.15 bits per heavy atom. The molecule has 2 aromatic rings. The second-order valence-electron chi connectivity index (χ2n) is 7.63. The van der Waals surface area contributed by atoms with Gasteiger partial charge in [-0.15, -0.1) is 0 Å². The van der Waals surface area contributed by atoms with Crippen LogP contribution in [0.4, 0.5) is 0 Å². The Morgan fingerprint density at radius 2 is 1.96 bits per heavy atom. The molecule has 1 fully saturated rings. The van der Waals surface area contributed by atoms with Gasteiger partial charge in [0, 0.05) is 36.7 Å². The van der Waals surface area contributed by atoms with Crippen molar-refractivity contribution < 1.29 is 0 Å². The molecule has 0 saturated heterocycles. The van der Waals surface area contributed by atoms with Crippen LogP contribution in [0.25, 0.3) is 0 Å². The third-order valence-corrected chi connectivity index (χ3v) is 5.79. The second-order valence-corrected chi connectivity index (χ2v) is 7.63. The number of hydrogen-bond donors (Lipinski definition) is 1. The summed E-state index contributed by atoms with van der Waals surface area (Å²) < 4.78 is 1.77. The lowest BCUT2D eigenvalue weighted by molar-refractivity contribution is 0.256. The van der Waals surface area contributed by atoms with Gasteiger partial charge in [-0.3, -0.25) is 14.8 Å². The van der Waals surface area contributed by atoms with Crippen LogP contribution in [-0.4, -0.2) is 25.8 Å². The Morgan fingerprint density at radius 3 is 2.73 bits per heavy atom. The monoisotopic (exact) mass is 353 g/mol. The SMILES string of the molecule is CC(NC1CCC(n2nc3c(cc2=O)CCCC3)CC1)c1cnccn1. The summed E-state index contributed by atoms with van der Waals surface area (Å²) >= 11 is 0. The number of fused-ring (bicyclic) bond motifs is 1. The highest BCUT2D eigenvalue weighted by atomic mass is 16.1. The van der Waals surface area contributed by atoms with Gasteiger partial charge >= 0.3 is 0 Å². The Bertz CT molecular complexity index is 796. The van der Waals surface area contributed by atoms with Crippen molar-refractivity contribution >= 4 is 0 Å². The van der Waals surface area contributed by atoms with E-state index in [2.05, 4.69) is 22.2 Å². The van der Waals surface area contributed by atoms with Crippen LogP contribution in [-0.2, 0) is 12.8 Å². The van der Waals surface area contributed by atoms with Crippen molar-refractivity contribution in [3.05, 3.63) is 52.0 Å². The molecule has 4 rings (SSSR count). The van der Waals surface area contributed by atoms with Crippen LogP contribution in [0.5, 0.6) is 0 Å². The highest BCUT2D eigenvalue weighted by Crippen LogP contribution is 2.29. The first-order valence-corrected chi connectivity index (χ1v) is 9.84. The lowest BCUT2D eigenvalue weighted by Gasteiger charge is -2.32. The Kier molecular flexibility index (Phi) is 5.11. The maximum Gasteiger partial charge on any atom is 0.267 e. The lowest BCUT2D eigenvalue weighted by Crippen LogP contribution is -2.38. The van der Waals surface area contributed by atoms with Gasteiger partial charge in [0.15, 0.2) is 0 Å². The molecule has 138 valence electrons. The minimum absolute atomic E-state index is 0.0787. The number of nitrogens with zero attached hydrogens (tertiary/aromatic N) is 4. The number of hydrogen-bond acceptors (Lipinski definition) is 5. The average Bonchev–Trinajstić information content (AvgIpc) is 2.69. The first-order chi connectivity index (χ1) is 12.7. The summed E-state index contributed by atoms with van der Waals surface area (Å²) in [4.78, 5) is 21.0. The summed E-state index contributed by atoms with van der Waals surface area (Å²) in [7, 11) is 0. The lowest BCUT2D eigenvalue weighted by atomic mass is 9.90. The molecule has 0 bridgehead atoms. The third kappa shape index (κ3) is 3.70. The van der Waals surface area contributed by atoms with Crippen molar-refractivity contribution in [2.75, 3.05) is 0 Å². The van der Waals surface area contributed by atoms with Crippen molar-refractivity contribution in [2.45, 2.75) is 76.4 Å². The topological polar surface area (TPSA) is 72.7 Å². The van der Waals surface area contributed by atoms with Gasteiger partial charge in [0.1, 0.15) is 0 Å². The maximum absolute atomic E-state index is 12.5. The normalized spacial score (nSPS) is 24.0. The molecule has 26 heavy (non-hydrogen) atoms. The summed E-state index contributed by atoms with van der Waals surface area (Å²) in [6, 6.07) is 2.72. The first kappa shape index (κ1) is 17.3. The molecule has 0 aliphatic heterocycles. The van der Waals surface area contributed by atoms with Gasteiger partial charge in [0.05, 0.1) is 17.4 Å². The summed E-state index contributed by atoms with van der Waals surface area (Å²) in [5.41, 5.74) is 3.37. The minimum atomic E-state index is 0.0787. The van der Waals surface area contributed by atoms with E-state index < -0.39 is 0 Å². The smallest absolute Gasteiger partial charge is 0.267 e. The summed E-state index contributed by atoms with van der Waals surface area (Å²) in [6.07, 6.45) is 13.8. The molecule has 6 nitrogen and oxygen atoms in total. The number of aryl methyl sites for hydroxylation is 2. The molecule has 0 aromatic carbocycles. The van der Waals surface area contributed by atoms with Crippen LogP contribution in [0.3, 0.4) is 0 Å². The maximum atomic E-state index is 12.5. The highest BCUT2D eigenvalue weighted by Gasteiger charge is 2.26. The standard InChI is InChI=1S/C20H27N5O/c1-14(19-13-21-10-11-22-19)23-16-6-8-17(9-7-16)25-20(26)12-15-4-2-3-5-18(15)24-25/h10-14,16-17,23H,2-9H2,1H3. The van der Waals surface area contributed by atoms with Gasteiger partial charge in [-0.2, -0.15) is 5.10 Å². The fourth-order valence-corrected chi connectivity index (χ4v) is 4.30. The summed E-state index contributed by atoms with van der Waals surface area (Å²) in [5.74, 6) is 0. The van der Waals surface area contributed by atoms with Crippen LogP contribution in [0.1, 0.15) is 74.5 Å². The summed E-state index contributed by atoms with van der Waals surface area (Å²) in [6.45, 7) is 2.13. The second kappa shape index (κ2) is 7.66. The van der Waals surface area contributed by atoms with Gasteiger partial charge in [0.2, 0.25) is 0 Å². The number of rotatable bonds is 4. The predicted octanol–water partition coefficient (Wildman–Crippen LogP) is 2.75. The molecular weight excluding hydrogens is 326 g/mol. The molecule has 1 saturated carbocycles. The van der Waals surface area contributed by atoms with Crippen LogP contribution in [0.15, 0.2) is 29.5 Å². The van der Waals surface area contributed by atoms with Gasteiger partial charge in [-0.05, 0) is 63.9 Å².